The first-order valence-corrected chi connectivity index (χ1v) is 6.78. The normalized spacial score (nSPS) is 16.7. The van der Waals surface area contributed by atoms with Crippen molar-refractivity contribution in [3.8, 4) is 5.75 Å². The first-order valence-electron chi connectivity index (χ1n) is 6.78. The van der Waals surface area contributed by atoms with E-state index in [1.807, 2.05) is 24.3 Å². The van der Waals surface area contributed by atoms with Gasteiger partial charge in [-0.15, -0.1) is 0 Å². The van der Waals surface area contributed by atoms with E-state index in [1.54, 1.807) is 12.3 Å². The maximum absolute atomic E-state index is 10.9. The number of nitro groups is 1. The van der Waals surface area contributed by atoms with Gasteiger partial charge in [0.15, 0.2) is 0 Å². The molecule has 0 amide bonds. The third-order valence-corrected chi connectivity index (χ3v) is 3.50. The molecule has 0 saturated carbocycles. The fourth-order valence-electron chi connectivity index (χ4n) is 2.44. The highest BCUT2D eigenvalue weighted by Gasteiger charge is 2.21. The van der Waals surface area contributed by atoms with Crippen LogP contribution in [0.1, 0.15) is 5.56 Å². The zero-order chi connectivity index (χ0) is 14.7. The molecule has 0 fully saturated rings. The van der Waals surface area contributed by atoms with Gasteiger partial charge in [0.2, 0.25) is 5.82 Å². The van der Waals surface area contributed by atoms with Gasteiger partial charge in [-0.2, -0.15) is 0 Å². The zero-order valence-corrected chi connectivity index (χ0v) is 11.4. The van der Waals surface area contributed by atoms with Gasteiger partial charge in [-0.25, -0.2) is 4.98 Å². The summed E-state index contributed by atoms with van der Waals surface area (Å²) in [6.45, 7) is 1.19. The number of nitrogens with one attached hydrogen (secondary N) is 1. The summed E-state index contributed by atoms with van der Waals surface area (Å²) in [7, 11) is 0. The van der Waals surface area contributed by atoms with Crippen molar-refractivity contribution >= 4 is 11.5 Å². The topological polar surface area (TPSA) is 77.3 Å². The molecule has 6 nitrogen and oxygen atoms in total. The van der Waals surface area contributed by atoms with Gasteiger partial charge >= 0.3 is 5.69 Å². The molecule has 0 saturated heterocycles. The van der Waals surface area contributed by atoms with Crippen LogP contribution in [0.15, 0.2) is 42.6 Å². The minimum absolute atomic E-state index is 0.00497. The Bertz CT molecular complexity index is 660. The molecule has 1 atom stereocenters. The van der Waals surface area contributed by atoms with Crippen LogP contribution in [0.4, 0.5) is 11.5 Å². The van der Waals surface area contributed by atoms with E-state index >= 15 is 0 Å². The van der Waals surface area contributed by atoms with Gasteiger partial charge in [0.1, 0.15) is 5.75 Å². The van der Waals surface area contributed by atoms with Crippen molar-refractivity contribution in [2.75, 3.05) is 18.5 Å². The number of pyridine rings is 1. The van der Waals surface area contributed by atoms with Crippen LogP contribution in [0.3, 0.4) is 0 Å². The number of hydrogen-bond acceptors (Lipinski definition) is 5. The summed E-state index contributed by atoms with van der Waals surface area (Å²) in [5.74, 6) is 1.50. The van der Waals surface area contributed by atoms with Crippen LogP contribution in [-0.4, -0.2) is 23.1 Å². The number of fused-ring (bicyclic) bond motifs is 1. The lowest BCUT2D eigenvalue weighted by Crippen LogP contribution is -2.27. The Balaban J connectivity index is 1.66. The second-order valence-electron chi connectivity index (χ2n) is 5.00. The van der Waals surface area contributed by atoms with Crippen LogP contribution < -0.4 is 10.1 Å². The fraction of sp³-hybridized carbons (Fsp3) is 0.267. The lowest BCUT2D eigenvalue weighted by Gasteiger charge is -2.25. The van der Waals surface area contributed by atoms with Gasteiger partial charge in [-0.05, 0) is 24.1 Å². The minimum Gasteiger partial charge on any atom is -0.493 e. The number of rotatable bonds is 4. The first kappa shape index (κ1) is 13.4. The molecule has 1 N–H and O–H groups in total. The number of ether oxygens (including phenoxy) is 1. The van der Waals surface area contributed by atoms with Crippen molar-refractivity contribution in [2.24, 2.45) is 5.92 Å². The van der Waals surface area contributed by atoms with E-state index in [9.17, 15) is 10.1 Å². The SMILES string of the molecule is O=[N+]([O-])c1cccnc1NC[C@H]1COc2ccccc2C1. The minimum atomic E-state index is -0.429. The maximum atomic E-state index is 10.9. The summed E-state index contributed by atoms with van der Waals surface area (Å²) in [4.78, 5) is 14.5. The molecule has 21 heavy (non-hydrogen) atoms. The molecule has 1 aromatic carbocycles. The van der Waals surface area contributed by atoms with Crippen LogP contribution in [0.2, 0.25) is 0 Å². The molecule has 2 aromatic rings. The highest BCUT2D eigenvalue weighted by molar-refractivity contribution is 5.55. The Morgan fingerprint density at radius 1 is 1.33 bits per heavy atom. The zero-order valence-electron chi connectivity index (χ0n) is 11.4. The van der Waals surface area contributed by atoms with Gasteiger partial charge in [-0.3, -0.25) is 10.1 Å². The molecular weight excluding hydrogens is 270 g/mol. The van der Waals surface area contributed by atoms with E-state index in [-0.39, 0.29) is 11.6 Å². The molecule has 6 heteroatoms. The third-order valence-electron chi connectivity index (χ3n) is 3.50. The molecule has 1 aromatic heterocycles. The second-order valence-corrected chi connectivity index (χ2v) is 5.00. The number of anilines is 1. The first-order chi connectivity index (χ1) is 10.2. The third kappa shape index (κ3) is 2.94. The largest absolute Gasteiger partial charge is 0.493 e. The monoisotopic (exact) mass is 285 g/mol. The Labute approximate surface area is 121 Å². The molecule has 0 unspecified atom stereocenters. The molecule has 0 spiro atoms. The summed E-state index contributed by atoms with van der Waals surface area (Å²) in [5.41, 5.74) is 1.17. The summed E-state index contributed by atoms with van der Waals surface area (Å²) in [6.07, 6.45) is 2.44. The molecule has 1 aliphatic heterocycles. The Morgan fingerprint density at radius 2 is 2.19 bits per heavy atom. The average molecular weight is 285 g/mol. The molecule has 2 heterocycles. The van der Waals surface area contributed by atoms with Crippen molar-refractivity contribution < 1.29 is 9.66 Å². The van der Waals surface area contributed by atoms with Gasteiger partial charge in [0.25, 0.3) is 0 Å². The van der Waals surface area contributed by atoms with Crippen molar-refractivity contribution in [1.82, 2.24) is 4.98 Å². The molecule has 1 aliphatic rings. The van der Waals surface area contributed by atoms with Gasteiger partial charge in [-0.1, -0.05) is 18.2 Å². The fourth-order valence-corrected chi connectivity index (χ4v) is 2.44. The van der Waals surface area contributed by atoms with Crippen LogP contribution in [-0.2, 0) is 6.42 Å². The predicted octanol–water partition coefficient (Wildman–Crippen LogP) is 2.65. The average Bonchev–Trinajstić information content (AvgIpc) is 2.53. The number of benzene rings is 1. The van der Waals surface area contributed by atoms with E-state index in [2.05, 4.69) is 10.3 Å². The molecular formula is C15H15N3O3. The van der Waals surface area contributed by atoms with Gasteiger partial charge < -0.3 is 10.1 Å². The van der Waals surface area contributed by atoms with Crippen molar-refractivity contribution in [1.29, 1.82) is 0 Å². The Kier molecular flexibility index (Phi) is 3.68. The number of aromatic nitrogens is 1. The van der Waals surface area contributed by atoms with Crippen molar-refractivity contribution in [3.05, 3.63) is 58.3 Å². The standard InChI is InChI=1S/C15H15N3O3/c19-18(20)13-5-3-7-16-15(13)17-9-11-8-12-4-1-2-6-14(12)21-10-11/h1-7,11H,8-10H2,(H,16,17)/t11-/m0/s1. The molecule has 3 rings (SSSR count). The van der Waals surface area contributed by atoms with Crippen molar-refractivity contribution in [3.63, 3.8) is 0 Å². The van der Waals surface area contributed by atoms with Crippen LogP contribution in [0.25, 0.3) is 0 Å². The molecule has 0 aliphatic carbocycles. The van der Waals surface area contributed by atoms with E-state index < -0.39 is 4.92 Å². The quantitative estimate of drug-likeness (QED) is 0.690. The van der Waals surface area contributed by atoms with Crippen molar-refractivity contribution in [2.45, 2.75) is 6.42 Å². The number of hydrogen-bond donors (Lipinski definition) is 1. The van der Waals surface area contributed by atoms with Crippen LogP contribution in [0.5, 0.6) is 5.75 Å². The summed E-state index contributed by atoms with van der Waals surface area (Å²) >= 11 is 0. The lowest BCUT2D eigenvalue weighted by atomic mass is 9.97. The summed E-state index contributed by atoms with van der Waals surface area (Å²) < 4.78 is 5.71. The van der Waals surface area contributed by atoms with E-state index in [4.69, 9.17) is 4.74 Å². The highest BCUT2D eigenvalue weighted by atomic mass is 16.6. The number of para-hydroxylation sites is 1. The van der Waals surface area contributed by atoms with E-state index in [0.717, 1.165) is 12.2 Å². The highest BCUT2D eigenvalue weighted by Crippen LogP contribution is 2.27. The van der Waals surface area contributed by atoms with Gasteiger partial charge in [0, 0.05) is 24.7 Å². The Morgan fingerprint density at radius 3 is 3.05 bits per heavy atom. The summed E-state index contributed by atoms with van der Waals surface area (Å²) in [6, 6.07) is 11.0. The predicted molar refractivity (Wildman–Crippen MR) is 78.5 cm³/mol. The number of nitrogens with zero attached hydrogens (tertiary/aromatic N) is 2. The lowest BCUT2D eigenvalue weighted by molar-refractivity contribution is -0.384. The maximum Gasteiger partial charge on any atom is 0.311 e. The molecule has 0 radical (unpaired) electrons. The van der Waals surface area contributed by atoms with E-state index in [0.29, 0.717) is 19.0 Å². The van der Waals surface area contributed by atoms with Crippen LogP contribution >= 0.6 is 0 Å². The van der Waals surface area contributed by atoms with Crippen LogP contribution in [0, 0.1) is 16.0 Å². The summed E-state index contributed by atoms with van der Waals surface area (Å²) in [5, 5.41) is 14.0. The molecule has 0 bridgehead atoms. The van der Waals surface area contributed by atoms with Gasteiger partial charge in [0.05, 0.1) is 11.5 Å². The molecule has 108 valence electrons. The Hall–Kier alpha value is -2.63. The smallest absolute Gasteiger partial charge is 0.311 e. The van der Waals surface area contributed by atoms with E-state index in [1.165, 1.54) is 11.6 Å². The second kappa shape index (κ2) is 5.78.